The smallest absolute Gasteiger partial charge is 0.118 e. The van der Waals surface area contributed by atoms with Crippen molar-refractivity contribution in [1.29, 1.82) is 0 Å². The minimum atomic E-state index is -0.0412. The van der Waals surface area contributed by atoms with Crippen molar-refractivity contribution in [1.82, 2.24) is 0 Å². The van der Waals surface area contributed by atoms with Crippen molar-refractivity contribution in [2.75, 3.05) is 0 Å². The minimum Gasteiger partial charge on any atom is -0.492 e. The Hall–Kier alpha value is -1.02. The summed E-state index contributed by atoms with van der Waals surface area (Å²) in [5.74, 6) is 4.53. The lowest BCUT2D eigenvalue weighted by atomic mass is 9.64. The second-order valence-electron chi connectivity index (χ2n) is 10.8. The van der Waals surface area contributed by atoms with Gasteiger partial charge in [-0.2, -0.15) is 0 Å². The summed E-state index contributed by atoms with van der Waals surface area (Å²) < 4.78 is 13.0. The van der Waals surface area contributed by atoms with Crippen LogP contribution in [0.5, 0.6) is 0 Å². The molecule has 9 unspecified atom stereocenters. The summed E-state index contributed by atoms with van der Waals surface area (Å²) in [5.41, 5.74) is 2.97. The van der Waals surface area contributed by atoms with E-state index in [4.69, 9.17) is 9.47 Å². The maximum atomic E-state index is 6.50. The first-order valence-corrected chi connectivity index (χ1v) is 10.4. The molecule has 2 heteroatoms. The molecule has 4 fully saturated rings. The lowest BCUT2D eigenvalue weighted by molar-refractivity contribution is -0.0316. The third-order valence-corrected chi connectivity index (χ3v) is 8.98. The molecule has 5 rings (SSSR count). The maximum Gasteiger partial charge on any atom is 0.118 e. The zero-order valence-electron chi connectivity index (χ0n) is 17.3. The molecular formula is C24H34O2. The summed E-state index contributed by atoms with van der Waals surface area (Å²) in [6, 6.07) is 0. The zero-order chi connectivity index (χ0) is 18.8. The van der Waals surface area contributed by atoms with Crippen molar-refractivity contribution in [2.24, 2.45) is 40.9 Å². The number of hydrogen-bond donors (Lipinski definition) is 0. The fourth-order valence-electron chi connectivity index (χ4n) is 7.83. The molecule has 0 spiro atoms. The molecule has 0 amide bonds. The van der Waals surface area contributed by atoms with Crippen LogP contribution in [0, 0.1) is 40.9 Å². The topological polar surface area (TPSA) is 21.8 Å². The molecule has 2 nitrogen and oxygen atoms in total. The van der Waals surface area contributed by atoms with Crippen LogP contribution < -0.4 is 0 Å². The molecule has 4 aliphatic carbocycles. The van der Waals surface area contributed by atoms with Crippen LogP contribution in [0.25, 0.3) is 0 Å². The van der Waals surface area contributed by atoms with E-state index in [1.165, 1.54) is 11.1 Å². The van der Waals surface area contributed by atoms with Gasteiger partial charge in [0.15, 0.2) is 0 Å². The highest BCUT2D eigenvalue weighted by molar-refractivity contribution is 5.41. The third-order valence-electron chi connectivity index (χ3n) is 8.98. The first kappa shape index (κ1) is 17.1. The van der Waals surface area contributed by atoms with Crippen LogP contribution in [-0.2, 0) is 9.47 Å². The summed E-state index contributed by atoms with van der Waals surface area (Å²) in [6.07, 6.45) is 5.22. The second kappa shape index (κ2) is 4.69. The second-order valence-corrected chi connectivity index (χ2v) is 10.8. The van der Waals surface area contributed by atoms with Crippen LogP contribution in [0.2, 0.25) is 0 Å². The Balaban J connectivity index is 1.60. The highest BCUT2D eigenvalue weighted by Gasteiger charge is 2.83. The molecule has 0 bridgehead atoms. The third kappa shape index (κ3) is 1.83. The highest BCUT2D eigenvalue weighted by atomic mass is 16.6. The van der Waals surface area contributed by atoms with Gasteiger partial charge in [-0.3, -0.25) is 0 Å². The van der Waals surface area contributed by atoms with E-state index >= 15 is 0 Å². The number of hydrogen-bond acceptors (Lipinski definition) is 2. The van der Waals surface area contributed by atoms with Gasteiger partial charge >= 0.3 is 0 Å². The lowest BCUT2D eigenvalue weighted by Crippen LogP contribution is -2.43. The van der Waals surface area contributed by atoms with Gasteiger partial charge in [-0.05, 0) is 68.8 Å². The van der Waals surface area contributed by atoms with Gasteiger partial charge in [-0.1, -0.05) is 45.6 Å². The molecule has 1 saturated heterocycles. The maximum absolute atomic E-state index is 6.50. The number of fused-ring (bicyclic) bond motifs is 7. The van der Waals surface area contributed by atoms with Crippen LogP contribution >= 0.6 is 0 Å². The van der Waals surface area contributed by atoms with Crippen molar-refractivity contribution < 1.29 is 9.47 Å². The molecule has 1 aliphatic heterocycles. The van der Waals surface area contributed by atoms with Gasteiger partial charge in [-0.15, -0.1) is 0 Å². The number of ether oxygens (including phenoxy) is 2. The number of rotatable bonds is 2. The predicted octanol–water partition coefficient (Wildman–Crippen LogP) is 5.51. The fraction of sp³-hybridized carbons (Fsp3) is 0.750. The molecule has 0 N–H and O–H groups in total. The SMILES string of the molecule is C=C(C)OC12CC(C)C3C4C=C(C)C(=C)C4CC4(C)OC4C3C1C2(C)C. The largest absolute Gasteiger partial charge is 0.492 e. The average Bonchev–Trinajstić information content (AvgIpc) is 3.27. The quantitative estimate of drug-likeness (QED) is 0.481. The molecule has 0 aromatic heterocycles. The lowest BCUT2D eigenvalue weighted by Gasteiger charge is -2.43. The Kier molecular flexibility index (Phi) is 3.08. The van der Waals surface area contributed by atoms with Gasteiger partial charge in [-0.25, -0.2) is 0 Å². The molecule has 0 radical (unpaired) electrons. The Morgan fingerprint density at radius 1 is 1.23 bits per heavy atom. The molecule has 9 atom stereocenters. The Morgan fingerprint density at radius 3 is 2.58 bits per heavy atom. The van der Waals surface area contributed by atoms with E-state index in [0.717, 1.165) is 18.6 Å². The molecule has 142 valence electrons. The van der Waals surface area contributed by atoms with Gasteiger partial charge in [0.2, 0.25) is 0 Å². The van der Waals surface area contributed by atoms with Gasteiger partial charge in [0.1, 0.15) is 5.60 Å². The molecule has 26 heavy (non-hydrogen) atoms. The normalized spacial score (nSPS) is 55.5. The van der Waals surface area contributed by atoms with Crippen LogP contribution in [0.4, 0.5) is 0 Å². The van der Waals surface area contributed by atoms with Crippen molar-refractivity contribution in [3.63, 3.8) is 0 Å². The molecule has 5 aliphatic rings. The Morgan fingerprint density at radius 2 is 1.92 bits per heavy atom. The van der Waals surface area contributed by atoms with Crippen molar-refractivity contribution >= 4 is 0 Å². The van der Waals surface area contributed by atoms with E-state index < -0.39 is 0 Å². The predicted molar refractivity (Wildman–Crippen MR) is 104 cm³/mol. The van der Waals surface area contributed by atoms with Gasteiger partial charge in [0.25, 0.3) is 0 Å². The highest BCUT2D eigenvalue weighted by Crippen LogP contribution is 2.78. The summed E-state index contributed by atoms with van der Waals surface area (Å²) in [6.45, 7) is 22.4. The summed E-state index contributed by atoms with van der Waals surface area (Å²) in [4.78, 5) is 0. The fourth-order valence-corrected chi connectivity index (χ4v) is 7.83. The van der Waals surface area contributed by atoms with Gasteiger partial charge < -0.3 is 9.47 Å². The Bertz CT molecular complexity index is 745. The Labute approximate surface area is 158 Å². The van der Waals surface area contributed by atoms with Gasteiger partial charge in [0, 0.05) is 11.3 Å². The van der Waals surface area contributed by atoms with Crippen LogP contribution in [-0.4, -0.2) is 17.3 Å². The van der Waals surface area contributed by atoms with Gasteiger partial charge in [0.05, 0.1) is 17.5 Å². The van der Waals surface area contributed by atoms with Crippen molar-refractivity contribution in [3.8, 4) is 0 Å². The first-order valence-electron chi connectivity index (χ1n) is 10.4. The zero-order valence-corrected chi connectivity index (χ0v) is 17.3. The van der Waals surface area contributed by atoms with E-state index in [2.05, 4.69) is 53.9 Å². The monoisotopic (exact) mass is 354 g/mol. The number of allylic oxidation sites excluding steroid dienone is 4. The van der Waals surface area contributed by atoms with Crippen molar-refractivity contribution in [3.05, 3.63) is 36.1 Å². The average molecular weight is 355 g/mol. The summed E-state index contributed by atoms with van der Waals surface area (Å²) in [7, 11) is 0. The van der Waals surface area contributed by atoms with Crippen LogP contribution in [0.15, 0.2) is 36.1 Å². The molecule has 1 heterocycles. The van der Waals surface area contributed by atoms with Crippen molar-refractivity contribution in [2.45, 2.75) is 71.7 Å². The van der Waals surface area contributed by atoms with E-state index in [1.807, 2.05) is 6.92 Å². The van der Waals surface area contributed by atoms with Crippen LogP contribution in [0.3, 0.4) is 0 Å². The summed E-state index contributed by atoms with van der Waals surface area (Å²) in [5, 5.41) is 0. The minimum absolute atomic E-state index is 0.0361. The van der Waals surface area contributed by atoms with E-state index in [0.29, 0.717) is 41.6 Å². The summed E-state index contributed by atoms with van der Waals surface area (Å²) >= 11 is 0. The molecule has 3 saturated carbocycles. The van der Waals surface area contributed by atoms with E-state index in [-0.39, 0.29) is 16.6 Å². The van der Waals surface area contributed by atoms with Crippen LogP contribution in [0.1, 0.15) is 54.4 Å². The standard InChI is InChI=1S/C24H34O2/c1-12(2)25-24-10-14(4)18-16-9-13(3)15(5)17(16)11-23(8)21(26-23)19(18)20(24)22(24,6)7/h9,14,16-21H,1,5,10-11H2,2-4,6-8H3. The molecule has 0 aromatic carbocycles. The molecule has 0 aromatic rings. The number of epoxide rings is 1. The van der Waals surface area contributed by atoms with E-state index in [1.54, 1.807) is 0 Å². The van der Waals surface area contributed by atoms with E-state index in [9.17, 15) is 0 Å². The first-order chi connectivity index (χ1) is 12.0. The molecular weight excluding hydrogens is 320 g/mol.